The first kappa shape index (κ1) is 15.1. The van der Waals surface area contributed by atoms with Crippen molar-refractivity contribution in [1.82, 2.24) is 4.90 Å². The fraction of sp³-hybridized carbons (Fsp3) is 0.417. The number of benzene rings is 1. The van der Waals surface area contributed by atoms with Crippen molar-refractivity contribution >= 4 is 29.2 Å². The van der Waals surface area contributed by atoms with Crippen LogP contribution in [0, 0.1) is 0 Å². The molecule has 1 unspecified atom stereocenters. The van der Waals surface area contributed by atoms with E-state index in [2.05, 4.69) is 0 Å². The smallest absolute Gasteiger partial charge is 0.320 e. The number of hydrogen-bond acceptors (Lipinski definition) is 3. The van der Waals surface area contributed by atoms with Crippen LogP contribution in [0.3, 0.4) is 0 Å². The van der Waals surface area contributed by atoms with E-state index >= 15 is 0 Å². The molecule has 6 heteroatoms. The van der Waals surface area contributed by atoms with E-state index in [0.29, 0.717) is 28.9 Å². The second kappa shape index (κ2) is 6.83. The molecule has 0 fully saturated rings. The summed E-state index contributed by atoms with van der Waals surface area (Å²) in [5.74, 6) is -0.285. The van der Waals surface area contributed by atoms with Crippen LogP contribution in [-0.4, -0.2) is 42.2 Å². The third kappa shape index (κ3) is 4.72. The van der Waals surface area contributed by atoms with Crippen molar-refractivity contribution < 1.29 is 14.6 Å². The molecule has 1 N–H and O–H groups in total. The zero-order chi connectivity index (χ0) is 13.7. The molecular weight excluding hydrogens is 277 g/mol. The molecule has 0 aromatic heterocycles. The Kier molecular flexibility index (Phi) is 5.72. The number of ether oxygens (including phenoxy) is 1. The van der Waals surface area contributed by atoms with Gasteiger partial charge in [-0.15, -0.1) is 0 Å². The number of rotatable bonds is 6. The van der Waals surface area contributed by atoms with Crippen molar-refractivity contribution in [3.63, 3.8) is 0 Å². The number of carbonyl (C=O) groups is 1. The molecule has 18 heavy (non-hydrogen) atoms. The Morgan fingerprint density at radius 2 is 1.94 bits per heavy atom. The molecule has 100 valence electrons. The quantitative estimate of drug-likeness (QED) is 0.876. The summed E-state index contributed by atoms with van der Waals surface area (Å²) in [5, 5.41) is 9.83. The molecule has 0 bridgehead atoms. The molecule has 1 aromatic carbocycles. The normalized spacial score (nSPS) is 12.5. The van der Waals surface area contributed by atoms with Gasteiger partial charge in [0.1, 0.15) is 18.4 Å². The zero-order valence-electron chi connectivity index (χ0n) is 10.2. The maximum absolute atomic E-state index is 10.7. The Hall–Kier alpha value is -0.970. The van der Waals surface area contributed by atoms with Crippen LogP contribution in [0.25, 0.3) is 0 Å². The molecule has 0 saturated carbocycles. The van der Waals surface area contributed by atoms with Gasteiger partial charge < -0.3 is 9.84 Å². The Morgan fingerprint density at radius 1 is 1.39 bits per heavy atom. The molecule has 4 nitrogen and oxygen atoms in total. The van der Waals surface area contributed by atoms with Crippen molar-refractivity contribution in [2.45, 2.75) is 13.0 Å². The lowest BCUT2D eigenvalue weighted by molar-refractivity contribution is -0.142. The Morgan fingerprint density at radius 3 is 2.44 bits per heavy atom. The molecule has 1 rings (SSSR count). The molecule has 1 atom stereocenters. The molecule has 0 radical (unpaired) electrons. The standard InChI is InChI=1S/C12H15Cl2NO3/c1-8(12(16)17)15(2)3-4-18-11-6-9(13)5-10(14)7-11/h5-8H,3-4H2,1-2H3,(H,16,17). The maximum atomic E-state index is 10.7. The Bertz CT molecular complexity index is 406. The average molecular weight is 292 g/mol. The number of carboxylic acid groups (broad SMARTS) is 1. The minimum atomic E-state index is -0.858. The SMILES string of the molecule is CC(C(=O)O)N(C)CCOc1cc(Cl)cc(Cl)c1. The van der Waals surface area contributed by atoms with Crippen LogP contribution >= 0.6 is 23.2 Å². The lowest BCUT2D eigenvalue weighted by Gasteiger charge is -2.21. The van der Waals surface area contributed by atoms with Crippen molar-refractivity contribution in [2.75, 3.05) is 20.2 Å². The van der Waals surface area contributed by atoms with Gasteiger partial charge in [-0.3, -0.25) is 9.69 Å². The highest BCUT2D eigenvalue weighted by atomic mass is 35.5. The topological polar surface area (TPSA) is 49.8 Å². The van der Waals surface area contributed by atoms with Crippen LogP contribution in [0.1, 0.15) is 6.92 Å². The summed E-state index contributed by atoms with van der Waals surface area (Å²) in [6.07, 6.45) is 0. The first-order valence-electron chi connectivity index (χ1n) is 5.42. The largest absolute Gasteiger partial charge is 0.492 e. The summed E-state index contributed by atoms with van der Waals surface area (Å²) in [6.45, 7) is 2.49. The van der Waals surface area contributed by atoms with Gasteiger partial charge >= 0.3 is 5.97 Å². The van der Waals surface area contributed by atoms with E-state index in [4.69, 9.17) is 33.0 Å². The van der Waals surface area contributed by atoms with Crippen LogP contribution in [0.4, 0.5) is 0 Å². The van der Waals surface area contributed by atoms with Crippen LogP contribution in [0.15, 0.2) is 18.2 Å². The van der Waals surface area contributed by atoms with E-state index in [1.165, 1.54) is 0 Å². The van der Waals surface area contributed by atoms with Gasteiger partial charge in [0.2, 0.25) is 0 Å². The predicted octanol–water partition coefficient (Wildman–Crippen LogP) is 2.78. The van der Waals surface area contributed by atoms with E-state index in [9.17, 15) is 4.79 Å². The van der Waals surface area contributed by atoms with E-state index < -0.39 is 12.0 Å². The number of likely N-dealkylation sites (N-methyl/N-ethyl adjacent to an activating group) is 1. The Labute approximate surface area is 116 Å². The summed E-state index contributed by atoms with van der Waals surface area (Å²) in [7, 11) is 1.73. The highest BCUT2D eigenvalue weighted by Gasteiger charge is 2.16. The van der Waals surface area contributed by atoms with Gasteiger partial charge in [-0.2, -0.15) is 0 Å². The summed E-state index contributed by atoms with van der Waals surface area (Å²) in [4.78, 5) is 12.4. The number of hydrogen-bond donors (Lipinski definition) is 1. The molecule has 0 spiro atoms. The summed E-state index contributed by atoms with van der Waals surface area (Å²) < 4.78 is 5.46. The van der Waals surface area contributed by atoms with Gasteiger partial charge in [0.25, 0.3) is 0 Å². The highest BCUT2D eigenvalue weighted by Crippen LogP contribution is 2.24. The van der Waals surface area contributed by atoms with E-state index in [1.54, 1.807) is 37.1 Å². The summed E-state index contributed by atoms with van der Waals surface area (Å²) in [6, 6.07) is 4.40. The van der Waals surface area contributed by atoms with Gasteiger partial charge in [-0.1, -0.05) is 23.2 Å². The van der Waals surface area contributed by atoms with Gasteiger partial charge in [-0.05, 0) is 32.2 Å². The molecule has 1 aromatic rings. The predicted molar refractivity (Wildman–Crippen MR) is 71.7 cm³/mol. The lowest BCUT2D eigenvalue weighted by Crippen LogP contribution is -2.38. The van der Waals surface area contributed by atoms with Crippen molar-refractivity contribution in [3.05, 3.63) is 28.2 Å². The van der Waals surface area contributed by atoms with Crippen molar-refractivity contribution in [3.8, 4) is 5.75 Å². The number of nitrogens with zero attached hydrogens (tertiary/aromatic N) is 1. The molecule has 0 amide bonds. The number of halogens is 2. The van der Waals surface area contributed by atoms with Crippen LogP contribution in [0.2, 0.25) is 10.0 Å². The van der Waals surface area contributed by atoms with Crippen LogP contribution in [-0.2, 0) is 4.79 Å². The maximum Gasteiger partial charge on any atom is 0.320 e. The third-order valence-electron chi connectivity index (χ3n) is 2.57. The highest BCUT2D eigenvalue weighted by molar-refractivity contribution is 6.34. The fourth-order valence-corrected chi connectivity index (χ4v) is 1.81. The van der Waals surface area contributed by atoms with Gasteiger partial charge in [0.05, 0.1) is 0 Å². The second-order valence-corrected chi connectivity index (χ2v) is 4.82. The van der Waals surface area contributed by atoms with Gasteiger partial charge in [0, 0.05) is 16.6 Å². The monoisotopic (exact) mass is 291 g/mol. The lowest BCUT2D eigenvalue weighted by atomic mass is 10.3. The van der Waals surface area contributed by atoms with E-state index in [-0.39, 0.29) is 0 Å². The van der Waals surface area contributed by atoms with Crippen LogP contribution in [0.5, 0.6) is 5.75 Å². The molecule has 0 aliphatic heterocycles. The first-order valence-corrected chi connectivity index (χ1v) is 6.17. The first-order chi connectivity index (χ1) is 8.40. The molecule has 0 heterocycles. The summed E-state index contributed by atoms with van der Waals surface area (Å²) in [5.41, 5.74) is 0. The average Bonchev–Trinajstić information content (AvgIpc) is 2.26. The zero-order valence-corrected chi connectivity index (χ0v) is 11.7. The summed E-state index contributed by atoms with van der Waals surface area (Å²) >= 11 is 11.7. The van der Waals surface area contributed by atoms with E-state index in [1.807, 2.05) is 0 Å². The number of aliphatic carboxylic acids is 1. The minimum Gasteiger partial charge on any atom is -0.492 e. The van der Waals surface area contributed by atoms with Crippen molar-refractivity contribution in [1.29, 1.82) is 0 Å². The fourth-order valence-electron chi connectivity index (χ4n) is 1.30. The van der Waals surface area contributed by atoms with E-state index in [0.717, 1.165) is 0 Å². The minimum absolute atomic E-state index is 0.366. The number of carboxylic acids is 1. The van der Waals surface area contributed by atoms with Gasteiger partial charge in [0.15, 0.2) is 0 Å². The second-order valence-electron chi connectivity index (χ2n) is 3.95. The molecule has 0 aliphatic rings. The third-order valence-corrected chi connectivity index (χ3v) is 3.00. The molecule has 0 aliphatic carbocycles. The molecular formula is C12H15Cl2NO3. The van der Waals surface area contributed by atoms with Gasteiger partial charge in [-0.25, -0.2) is 0 Å². The van der Waals surface area contributed by atoms with Crippen LogP contribution < -0.4 is 4.74 Å². The van der Waals surface area contributed by atoms with Crippen molar-refractivity contribution in [2.24, 2.45) is 0 Å². The Balaban J connectivity index is 2.44. The molecule has 0 saturated heterocycles.